The average Bonchev–Trinajstić information content (AvgIpc) is 2.18. The molecule has 0 atom stereocenters. The summed E-state index contributed by atoms with van der Waals surface area (Å²) in [5.74, 6) is 1.49. The molecule has 0 aromatic heterocycles. The van der Waals surface area contributed by atoms with E-state index in [1.807, 2.05) is 32.0 Å². The third kappa shape index (κ3) is 3.27. The lowest BCUT2D eigenvalue weighted by molar-refractivity contribution is -0.107. The molecule has 0 saturated heterocycles. The van der Waals surface area contributed by atoms with Crippen LogP contribution in [0.25, 0.3) is 0 Å². The Morgan fingerprint density at radius 2 is 2.13 bits per heavy atom. The fourth-order valence-corrected chi connectivity index (χ4v) is 1.35. The third-order valence-electron chi connectivity index (χ3n) is 1.93. The highest BCUT2D eigenvalue weighted by atomic mass is 16.5. The molecule has 3 nitrogen and oxygen atoms in total. The number of rotatable bonds is 5. The third-order valence-corrected chi connectivity index (χ3v) is 1.93. The summed E-state index contributed by atoms with van der Waals surface area (Å²) in [6.07, 6.45) is 1.33. The van der Waals surface area contributed by atoms with Crippen molar-refractivity contribution in [3.63, 3.8) is 0 Å². The minimum absolute atomic E-state index is 0.127. The van der Waals surface area contributed by atoms with Crippen molar-refractivity contribution in [3.8, 4) is 11.5 Å². The summed E-state index contributed by atoms with van der Waals surface area (Å²) in [6.45, 7) is 3.92. The number of carbonyl (C=O) groups excluding carboxylic acids is 1. The van der Waals surface area contributed by atoms with E-state index < -0.39 is 0 Å². The second-order valence-corrected chi connectivity index (χ2v) is 3.51. The van der Waals surface area contributed by atoms with Gasteiger partial charge in [-0.25, -0.2) is 0 Å². The maximum atomic E-state index is 10.5. The standard InChI is InChI=1S/C12H16O3/c1-9(2)15-11-4-5-12(14-3)10(8-11)6-7-13/h4-5,7-9H,6H2,1-3H3. The highest BCUT2D eigenvalue weighted by Gasteiger charge is 2.05. The first-order chi connectivity index (χ1) is 7.17. The molecule has 82 valence electrons. The van der Waals surface area contributed by atoms with E-state index in [-0.39, 0.29) is 6.10 Å². The molecule has 0 N–H and O–H groups in total. The molecule has 1 aromatic rings. The molecule has 0 unspecified atom stereocenters. The molecule has 3 heteroatoms. The molecule has 0 fully saturated rings. The molecule has 0 bridgehead atoms. The monoisotopic (exact) mass is 208 g/mol. The summed E-state index contributed by atoms with van der Waals surface area (Å²) >= 11 is 0. The zero-order valence-corrected chi connectivity index (χ0v) is 9.32. The fraction of sp³-hybridized carbons (Fsp3) is 0.417. The number of benzene rings is 1. The summed E-state index contributed by atoms with van der Waals surface area (Å²) in [4.78, 5) is 10.5. The summed E-state index contributed by atoms with van der Waals surface area (Å²) in [6, 6.07) is 5.50. The van der Waals surface area contributed by atoms with Crippen LogP contribution in [0.5, 0.6) is 11.5 Å². The quantitative estimate of drug-likeness (QED) is 0.696. The van der Waals surface area contributed by atoms with Crippen molar-refractivity contribution >= 4 is 6.29 Å². The van der Waals surface area contributed by atoms with Crippen LogP contribution in [-0.2, 0) is 11.2 Å². The highest BCUT2D eigenvalue weighted by molar-refractivity contribution is 5.58. The Balaban J connectivity index is 2.93. The topological polar surface area (TPSA) is 35.5 Å². The van der Waals surface area contributed by atoms with Gasteiger partial charge >= 0.3 is 0 Å². The zero-order valence-electron chi connectivity index (χ0n) is 9.32. The van der Waals surface area contributed by atoms with Crippen LogP contribution in [0.15, 0.2) is 18.2 Å². The predicted octanol–water partition coefficient (Wildman–Crippen LogP) is 2.22. The summed E-state index contributed by atoms with van der Waals surface area (Å²) < 4.78 is 10.7. The van der Waals surface area contributed by atoms with Gasteiger partial charge in [0.05, 0.1) is 13.2 Å². The summed E-state index contributed by atoms with van der Waals surface area (Å²) in [5.41, 5.74) is 0.852. The highest BCUT2D eigenvalue weighted by Crippen LogP contribution is 2.24. The van der Waals surface area contributed by atoms with Crippen LogP contribution in [0, 0.1) is 0 Å². The van der Waals surface area contributed by atoms with Gasteiger partial charge in [-0.15, -0.1) is 0 Å². The van der Waals surface area contributed by atoms with Gasteiger partial charge in [-0.2, -0.15) is 0 Å². The molecule has 0 aliphatic carbocycles. The fourth-order valence-electron chi connectivity index (χ4n) is 1.35. The molecular formula is C12H16O3. The molecule has 0 radical (unpaired) electrons. The van der Waals surface area contributed by atoms with E-state index in [1.54, 1.807) is 7.11 Å². The summed E-state index contributed by atoms with van der Waals surface area (Å²) in [5, 5.41) is 0. The molecule has 15 heavy (non-hydrogen) atoms. The van der Waals surface area contributed by atoms with Gasteiger partial charge in [0, 0.05) is 12.0 Å². The maximum absolute atomic E-state index is 10.5. The minimum atomic E-state index is 0.127. The minimum Gasteiger partial charge on any atom is -0.496 e. The Labute approximate surface area is 90.0 Å². The van der Waals surface area contributed by atoms with Gasteiger partial charge in [-0.3, -0.25) is 0 Å². The second kappa shape index (κ2) is 5.39. The van der Waals surface area contributed by atoms with Crippen molar-refractivity contribution in [1.82, 2.24) is 0 Å². The van der Waals surface area contributed by atoms with Crippen molar-refractivity contribution in [3.05, 3.63) is 23.8 Å². The van der Waals surface area contributed by atoms with E-state index >= 15 is 0 Å². The van der Waals surface area contributed by atoms with Crippen molar-refractivity contribution < 1.29 is 14.3 Å². The molecular weight excluding hydrogens is 192 g/mol. The first kappa shape index (κ1) is 11.6. The number of aldehydes is 1. The normalized spacial score (nSPS) is 10.1. The number of hydrogen-bond donors (Lipinski definition) is 0. The zero-order chi connectivity index (χ0) is 11.3. The Kier molecular flexibility index (Phi) is 4.16. The number of methoxy groups -OCH3 is 1. The Morgan fingerprint density at radius 3 is 2.67 bits per heavy atom. The first-order valence-corrected chi connectivity index (χ1v) is 4.94. The molecule has 0 spiro atoms. The van der Waals surface area contributed by atoms with Crippen molar-refractivity contribution in [1.29, 1.82) is 0 Å². The van der Waals surface area contributed by atoms with E-state index in [4.69, 9.17) is 9.47 Å². The molecule has 0 amide bonds. The van der Waals surface area contributed by atoms with Crippen molar-refractivity contribution in [2.24, 2.45) is 0 Å². The smallest absolute Gasteiger partial charge is 0.124 e. The van der Waals surface area contributed by atoms with E-state index in [2.05, 4.69) is 0 Å². The molecule has 0 saturated carbocycles. The van der Waals surface area contributed by atoms with Crippen LogP contribution >= 0.6 is 0 Å². The van der Waals surface area contributed by atoms with Gasteiger partial charge < -0.3 is 14.3 Å². The molecule has 1 aromatic carbocycles. The van der Waals surface area contributed by atoms with Gasteiger partial charge in [-0.1, -0.05) is 0 Å². The van der Waals surface area contributed by atoms with Crippen molar-refractivity contribution in [2.75, 3.05) is 7.11 Å². The number of ether oxygens (including phenoxy) is 2. The van der Waals surface area contributed by atoms with Crippen LogP contribution in [0.2, 0.25) is 0 Å². The van der Waals surface area contributed by atoms with E-state index in [0.29, 0.717) is 6.42 Å². The Morgan fingerprint density at radius 1 is 1.40 bits per heavy atom. The van der Waals surface area contributed by atoms with Gasteiger partial charge in [0.15, 0.2) is 0 Å². The molecule has 0 heterocycles. The predicted molar refractivity (Wildman–Crippen MR) is 58.5 cm³/mol. The van der Waals surface area contributed by atoms with Gasteiger partial charge in [0.2, 0.25) is 0 Å². The van der Waals surface area contributed by atoms with Crippen LogP contribution in [0.4, 0.5) is 0 Å². The molecule has 1 rings (SSSR count). The Bertz CT molecular complexity index is 332. The lowest BCUT2D eigenvalue weighted by atomic mass is 10.1. The van der Waals surface area contributed by atoms with Crippen LogP contribution in [0.3, 0.4) is 0 Å². The van der Waals surface area contributed by atoms with Crippen LogP contribution in [-0.4, -0.2) is 19.5 Å². The van der Waals surface area contributed by atoms with E-state index in [9.17, 15) is 4.79 Å². The van der Waals surface area contributed by atoms with Gasteiger partial charge in [0.1, 0.15) is 17.8 Å². The maximum Gasteiger partial charge on any atom is 0.124 e. The number of carbonyl (C=O) groups is 1. The lowest BCUT2D eigenvalue weighted by Gasteiger charge is -2.12. The molecule has 0 aliphatic heterocycles. The number of hydrogen-bond acceptors (Lipinski definition) is 3. The van der Waals surface area contributed by atoms with Gasteiger partial charge in [-0.05, 0) is 32.0 Å². The van der Waals surface area contributed by atoms with Gasteiger partial charge in [0.25, 0.3) is 0 Å². The van der Waals surface area contributed by atoms with Crippen LogP contribution in [0.1, 0.15) is 19.4 Å². The largest absolute Gasteiger partial charge is 0.496 e. The van der Waals surface area contributed by atoms with E-state index in [0.717, 1.165) is 23.3 Å². The average molecular weight is 208 g/mol. The molecule has 0 aliphatic rings. The SMILES string of the molecule is COc1ccc(OC(C)C)cc1CC=O. The van der Waals surface area contributed by atoms with E-state index in [1.165, 1.54) is 0 Å². The Hall–Kier alpha value is -1.51. The van der Waals surface area contributed by atoms with Crippen LogP contribution < -0.4 is 9.47 Å². The summed E-state index contributed by atoms with van der Waals surface area (Å²) in [7, 11) is 1.59. The second-order valence-electron chi connectivity index (χ2n) is 3.51. The first-order valence-electron chi connectivity index (χ1n) is 4.94. The lowest BCUT2D eigenvalue weighted by Crippen LogP contribution is -2.06. The van der Waals surface area contributed by atoms with Crippen molar-refractivity contribution in [2.45, 2.75) is 26.4 Å².